The summed E-state index contributed by atoms with van der Waals surface area (Å²) in [5.41, 5.74) is 4.16. The van der Waals surface area contributed by atoms with Gasteiger partial charge in [-0.2, -0.15) is 11.8 Å². The Morgan fingerprint density at radius 3 is 2.64 bits per heavy atom. The summed E-state index contributed by atoms with van der Waals surface area (Å²) in [7, 11) is 0. The standard InChI is InChI=1S/C7H13F2NS/c1-6(2-3-11-5-6)7(8,9)4-10/h2-5,10H2,1H3. The molecule has 1 aliphatic rings. The molecular formula is C7H13F2NS. The summed E-state index contributed by atoms with van der Waals surface area (Å²) in [5, 5.41) is 0. The third-order valence-corrected chi connectivity index (χ3v) is 3.69. The fourth-order valence-electron chi connectivity index (χ4n) is 1.20. The van der Waals surface area contributed by atoms with Gasteiger partial charge in [-0.25, -0.2) is 8.78 Å². The van der Waals surface area contributed by atoms with Crippen molar-refractivity contribution >= 4 is 11.8 Å². The Morgan fingerprint density at radius 2 is 2.27 bits per heavy atom. The molecule has 0 aromatic rings. The molecule has 1 fully saturated rings. The zero-order chi connectivity index (χ0) is 8.54. The smallest absolute Gasteiger partial charge is 0.266 e. The summed E-state index contributed by atoms with van der Waals surface area (Å²) >= 11 is 1.59. The second kappa shape index (κ2) is 2.90. The Bertz CT molecular complexity index is 143. The summed E-state index contributed by atoms with van der Waals surface area (Å²) in [4.78, 5) is 0. The minimum atomic E-state index is -2.68. The molecule has 0 radical (unpaired) electrons. The van der Waals surface area contributed by atoms with Gasteiger partial charge in [-0.1, -0.05) is 6.92 Å². The highest BCUT2D eigenvalue weighted by Gasteiger charge is 2.50. The number of hydrogen-bond donors (Lipinski definition) is 1. The number of thioether (sulfide) groups is 1. The van der Waals surface area contributed by atoms with E-state index in [0.29, 0.717) is 12.2 Å². The first-order valence-electron chi connectivity index (χ1n) is 3.67. The van der Waals surface area contributed by atoms with Crippen LogP contribution in [0.4, 0.5) is 8.78 Å². The first-order valence-corrected chi connectivity index (χ1v) is 4.83. The number of alkyl halides is 2. The molecule has 0 saturated carbocycles. The molecule has 1 atom stereocenters. The predicted octanol–water partition coefficient (Wildman–Crippen LogP) is 1.72. The minimum absolute atomic E-state index is 0.524. The Labute approximate surface area is 69.7 Å². The zero-order valence-electron chi connectivity index (χ0n) is 6.57. The highest BCUT2D eigenvalue weighted by molar-refractivity contribution is 7.99. The lowest BCUT2D eigenvalue weighted by Gasteiger charge is -2.31. The third kappa shape index (κ3) is 1.51. The fraction of sp³-hybridized carbons (Fsp3) is 1.00. The van der Waals surface area contributed by atoms with Gasteiger partial charge in [0.25, 0.3) is 5.92 Å². The molecule has 1 saturated heterocycles. The molecule has 1 heterocycles. The van der Waals surface area contributed by atoms with E-state index in [0.717, 1.165) is 5.75 Å². The summed E-state index contributed by atoms with van der Waals surface area (Å²) in [6.07, 6.45) is 0.585. The van der Waals surface area contributed by atoms with E-state index in [1.165, 1.54) is 0 Å². The molecule has 0 amide bonds. The lowest BCUT2D eigenvalue weighted by Crippen LogP contribution is -2.44. The Balaban J connectivity index is 2.69. The minimum Gasteiger partial charge on any atom is -0.325 e. The molecule has 1 nitrogen and oxygen atoms in total. The van der Waals surface area contributed by atoms with Crippen LogP contribution in [0.2, 0.25) is 0 Å². The Morgan fingerprint density at radius 1 is 1.64 bits per heavy atom. The Hall–Kier alpha value is 0.170. The highest BCUT2D eigenvalue weighted by Crippen LogP contribution is 2.46. The number of nitrogens with two attached hydrogens (primary N) is 1. The van der Waals surface area contributed by atoms with Gasteiger partial charge < -0.3 is 5.73 Å². The van der Waals surface area contributed by atoms with Gasteiger partial charge >= 0.3 is 0 Å². The van der Waals surface area contributed by atoms with Crippen LogP contribution < -0.4 is 5.73 Å². The summed E-state index contributed by atoms with van der Waals surface area (Å²) < 4.78 is 26.2. The van der Waals surface area contributed by atoms with Crippen LogP contribution in [0.25, 0.3) is 0 Å². The fourth-order valence-corrected chi connectivity index (χ4v) is 2.75. The van der Waals surface area contributed by atoms with Crippen LogP contribution in [0.3, 0.4) is 0 Å². The molecule has 1 aliphatic heterocycles. The van der Waals surface area contributed by atoms with Crippen molar-refractivity contribution in [2.24, 2.45) is 11.1 Å². The molecule has 0 aromatic carbocycles. The highest BCUT2D eigenvalue weighted by atomic mass is 32.2. The number of halogens is 2. The van der Waals surface area contributed by atoms with Crippen LogP contribution >= 0.6 is 11.8 Å². The lowest BCUT2D eigenvalue weighted by molar-refractivity contribution is -0.0921. The molecule has 0 aromatic heterocycles. The van der Waals surface area contributed by atoms with E-state index in [-0.39, 0.29) is 0 Å². The van der Waals surface area contributed by atoms with Gasteiger partial charge in [-0.05, 0) is 12.2 Å². The van der Waals surface area contributed by atoms with Gasteiger partial charge in [0.05, 0.1) is 6.54 Å². The van der Waals surface area contributed by atoms with Crippen molar-refractivity contribution in [3.63, 3.8) is 0 Å². The average molecular weight is 181 g/mol. The first kappa shape index (κ1) is 9.26. The molecule has 0 bridgehead atoms. The molecular weight excluding hydrogens is 168 g/mol. The van der Waals surface area contributed by atoms with Crippen LogP contribution in [0, 0.1) is 5.41 Å². The predicted molar refractivity (Wildman–Crippen MR) is 44.1 cm³/mol. The molecule has 1 unspecified atom stereocenters. The first-order chi connectivity index (χ1) is 5.02. The summed E-state index contributed by atoms with van der Waals surface area (Å²) in [5.74, 6) is -1.31. The normalized spacial score (nSPS) is 32.7. The second-order valence-corrected chi connectivity index (χ2v) is 4.38. The maximum Gasteiger partial charge on any atom is 0.266 e. The van der Waals surface area contributed by atoms with Crippen LogP contribution in [0.1, 0.15) is 13.3 Å². The van der Waals surface area contributed by atoms with E-state index in [1.807, 2.05) is 0 Å². The molecule has 0 aliphatic carbocycles. The van der Waals surface area contributed by atoms with Gasteiger partial charge in [-0.3, -0.25) is 0 Å². The van der Waals surface area contributed by atoms with Crippen molar-refractivity contribution < 1.29 is 8.78 Å². The summed E-state index contributed by atoms with van der Waals surface area (Å²) in [6, 6.07) is 0. The van der Waals surface area contributed by atoms with Crippen LogP contribution in [0.5, 0.6) is 0 Å². The maximum atomic E-state index is 13.1. The molecule has 0 spiro atoms. The van der Waals surface area contributed by atoms with E-state index in [1.54, 1.807) is 18.7 Å². The second-order valence-electron chi connectivity index (χ2n) is 3.27. The quantitative estimate of drug-likeness (QED) is 0.702. The monoisotopic (exact) mass is 181 g/mol. The maximum absolute atomic E-state index is 13.1. The summed E-state index contributed by atoms with van der Waals surface area (Å²) in [6.45, 7) is 1.10. The lowest BCUT2D eigenvalue weighted by atomic mass is 9.83. The van der Waals surface area contributed by atoms with Gasteiger partial charge in [0, 0.05) is 11.2 Å². The van der Waals surface area contributed by atoms with Crippen LogP contribution in [0.15, 0.2) is 0 Å². The van der Waals surface area contributed by atoms with Crippen molar-refractivity contribution in [1.82, 2.24) is 0 Å². The molecule has 1 rings (SSSR count). The number of hydrogen-bond acceptors (Lipinski definition) is 2. The van der Waals surface area contributed by atoms with Crippen molar-refractivity contribution in [2.75, 3.05) is 18.1 Å². The zero-order valence-corrected chi connectivity index (χ0v) is 7.39. The van der Waals surface area contributed by atoms with Gasteiger partial charge in [0.1, 0.15) is 0 Å². The van der Waals surface area contributed by atoms with Crippen molar-refractivity contribution in [3.05, 3.63) is 0 Å². The third-order valence-electron chi connectivity index (χ3n) is 2.36. The number of rotatable bonds is 2. The molecule has 2 N–H and O–H groups in total. The molecule has 4 heteroatoms. The van der Waals surface area contributed by atoms with E-state index < -0.39 is 17.9 Å². The Kier molecular flexibility index (Phi) is 2.44. The van der Waals surface area contributed by atoms with Crippen molar-refractivity contribution in [1.29, 1.82) is 0 Å². The van der Waals surface area contributed by atoms with Crippen LogP contribution in [-0.4, -0.2) is 24.0 Å². The van der Waals surface area contributed by atoms with Gasteiger partial charge in [0.15, 0.2) is 0 Å². The van der Waals surface area contributed by atoms with E-state index in [9.17, 15) is 8.78 Å². The van der Waals surface area contributed by atoms with Crippen LogP contribution in [-0.2, 0) is 0 Å². The molecule has 11 heavy (non-hydrogen) atoms. The average Bonchev–Trinajstić information content (AvgIpc) is 2.38. The van der Waals surface area contributed by atoms with E-state index >= 15 is 0 Å². The van der Waals surface area contributed by atoms with Gasteiger partial charge in [0.2, 0.25) is 0 Å². The largest absolute Gasteiger partial charge is 0.325 e. The topological polar surface area (TPSA) is 26.0 Å². The SMILES string of the molecule is CC1(C(F)(F)CN)CCSC1. The molecule has 66 valence electrons. The van der Waals surface area contributed by atoms with E-state index in [4.69, 9.17) is 5.73 Å². The van der Waals surface area contributed by atoms with Crippen molar-refractivity contribution in [2.45, 2.75) is 19.3 Å². The van der Waals surface area contributed by atoms with Gasteiger partial charge in [-0.15, -0.1) is 0 Å². The van der Waals surface area contributed by atoms with Crippen molar-refractivity contribution in [3.8, 4) is 0 Å². The van der Waals surface area contributed by atoms with E-state index in [2.05, 4.69) is 0 Å².